The predicted octanol–water partition coefficient (Wildman–Crippen LogP) is 1.30. The smallest absolute Gasteiger partial charge is 0.226 e. The molecule has 106 valence electrons. The summed E-state index contributed by atoms with van der Waals surface area (Å²) in [5, 5.41) is 0. The number of amides is 1. The van der Waals surface area contributed by atoms with Crippen molar-refractivity contribution in [2.24, 2.45) is 5.73 Å². The summed E-state index contributed by atoms with van der Waals surface area (Å²) in [4.78, 5) is 13.1. The Kier molecular flexibility index (Phi) is 5.92. The SMILES string of the molecule is COC(c1ccc(CC(=O)N(C)C)cc1)C(N)CF. The topological polar surface area (TPSA) is 55.6 Å². The molecule has 0 aliphatic carbocycles. The van der Waals surface area contributed by atoms with E-state index in [0.29, 0.717) is 6.42 Å². The van der Waals surface area contributed by atoms with E-state index >= 15 is 0 Å². The zero-order chi connectivity index (χ0) is 14.4. The van der Waals surface area contributed by atoms with Crippen LogP contribution in [0.1, 0.15) is 17.2 Å². The van der Waals surface area contributed by atoms with Crippen molar-refractivity contribution in [3.63, 3.8) is 0 Å². The Morgan fingerprint density at radius 1 is 1.37 bits per heavy atom. The number of benzene rings is 1. The summed E-state index contributed by atoms with van der Waals surface area (Å²) in [7, 11) is 4.94. The molecule has 1 aromatic rings. The molecule has 1 aromatic carbocycles. The Labute approximate surface area is 113 Å². The first-order chi connectivity index (χ1) is 8.99. The molecule has 19 heavy (non-hydrogen) atoms. The van der Waals surface area contributed by atoms with Crippen molar-refractivity contribution in [2.45, 2.75) is 18.6 Å². The first-order valence-corrected chi connectivity index (χ1v) is 6.13. The summed E-state index contributed by atoms with van der Waals surface area (Å²) in [6.45, 7) is -0.640. The molecule has 0 heterocycles. The highest BCUT2D eigenvalue weighted by Gasteiger charge is 2.19. The molecule has 0 saturated carbocycles. The quantitative estimate of drug-likeness (QED) is 0.846. The highest BCUT2D eigenvalue weighted by atomic mass is 19.1. The van der Waals surface area contributed by atoms with Gasteiger partial charge in [-0.05, 0) is 11.1 Å². The molecule has 0 aliphatic heterocycles. The number of carbonyl (C=O) groups excluding carboxylic acids is 1. The van der Waals surface area contributed by atoms with Gasteiger partial charge in [0.2, 0.25) is 5.91 Å². The van der Waals surface area contributed by atoms with Gasteiger partial charge in [0.15, 0.2) is 0 Å². The van der Waals surface area contributed by atoms with Crippen LogP contribution in [0.3, 0.4) is 0 Å². The molecule has 2 atom stereocenters. The second kappa shape index (κ2) is 7.21. The fourth-order valence-electron chi connectivity index (χ4n) is 1.80. The van der Waals surface area contributed by atoms with E-state index < -0.39 is 18.8 Å². The Morgan fingerprint density at radius 3 is 2.37 bits per heavy atom. The maximum atomic E-state index is 12.6. The summed E-state index contributed by atoms with van der Waals surface area (Å²) in [6, 6.07) is 6.64. The average molecular weight is 268 g/mol. The summed E-state index contributed by atoms with van der Waals surface area (Å²) < 4.78 is 17.8. The number of likely N-dealkylation sites (N-methyl/N-ethyl adjacent to an activating group) is 1. The molecule has 2 N–H and O–H groups in total. The maximum Gasteiger partial charge on any atom is 0.226 e. The molecule has 1 rings (SSSR count). The Balaban J connectivity index is 2.78. The predicted molar refractivity (Wildman–Crippen MR) is 72.5 cm³/mol. The van der Waals surface area contributed by atoms with E-state index in [9.17, 15) is 9.18 Å². The molecule has 0 aromatic heterocycles. The van der Waals surface area contributed by atoms with Crippen molar-refractivity contribution < 1.29 is 13.9 Å². The number of nitrogens with two attached hydrogens (primary N) is 1. The molecule has 5 heteroatoms. The van der Waals surface area contributed by atoms with Crippen LogP contribution >= 0.6 is 0 Å². The molecule has 0 saturated heterocycles. The van der Waals surface area contributed by atoms with Crippen molar-refractivity contribution in [1.82, 2.24) is 4.90 Å². The normalized spacial score (nSPS) is 13.9. The van der Waals surface area contributed by atoms with Gasteiger partial charge in [-0.3, -0.25) is 4.79 Å². The first-order valence-electron chi connectivity index (χ1n) is 6.13. The van der Waals surface area contributed by atoms with Crippen LogP contribution in [0.4, 0.5) is 4.39 Å². The van der Waals surface area contributed by atoms with E-state index in [1.807, 2.05) is 24.3 Å². The zero-order valence-electron chi connectivity index (χ0n) is 11.6. The van der Waals surface area contributed by atoms with E-state index in [1.165, 1.54) is 7.11 Å². The number of ether oxygens (including phenoxy) is 1. The largest absolute Gasteiger partial charge is 0.375 e. The van der Waals surface area contributed by atoms with Crippen LogP contribution in [-0.2, 0) is 16.0 Å². The number of alkyl halides is 1. The van der Waals surface area contributed by atoms with E-state index in [2.05, 4.69) is 0 Å². The monoisotopic (exact) mass is 268 g/mol. The summed E-state index contributed by atoms with van der Waals surface area (Å²) in [6.07, 6.45) is -0.122. The van der Waals surface area contributed by atoms with Gasteiger partial charge in [-0.2, -0.15) is 0 Å². The van der Waals surface area contributed by atoms with Crippen LogP contribution in [0.5, 0.6) is 0 Å². The van der Waals surface area contributed by atoms with Gasteiger partial charge in [0.1, 0.15) is 6.67 Å². The highest BCUT2D eigenvalue weighted by Crippen LogP contribution is 2.20. The third-order valence-corrected chi connectivity index (χ3v) is 2.98. The first kappa shape index (κ1) is 15.6. The fraction of sp³-hybridized carbons (Fsp3) is 0.500. The minimum Gasteiger partial charge on any atom is -0.375 e. The van der Waals surface area contributed by atoms with E-state index in [1.54, 1.807) is 19.0 Å². The molecule has 1 amide bonds. The number of halogens is 1. The molecular weight excluding hydrogens is 247 g/mol. The van der Waals surface area contributed by atoms with Gasteiger partial charge < -0.3 is 15.4 Å². The highest BCUT2D eigenvalue weighted by molar-refractivity contribution is 5.78. The average Bonchev–Trinajstić information content (AvgIpc) is 2.41. The van der Waals surface area contributed by atoms with Crippen LogP contribution in [0.15, 0.2) is 24.3 Å². The van der Waals surface area contributed by atoms with Gasteiger partial charge in [0.05, 0.1) is 18.6 Å². The molecular formula is C14H21FN2O2. The lowest BCUT2D eigenvalue weighted by atomic mass is 10.0. The van der Waals surface area contributed by atoms with Crippen LogP contribution in [0, 0.1) is 0 Å². The number of nitrogens with zero attached hydrogens (tertiary/aromatic N) is 1. The number of methoxy groups -OCH3 is 1. The molecule has 0 spiro atoms. The molecule has 0 fully saturated rings. The Morgan fingerprint density at radius 2 is 1.95 bits per heavy atom. The van der Waals surface area contributed by atoms with Crippen molar-refractivity contribution in [3.8, 4) is 0 Å². The minimum absolute atomic E-state index is 0.0384. The number of hydrogen-bond donors (Lipinski definition) is 1. The van der Waals surface area contributed by atoms with Gasteiger partial charge in [0.25, 0.3) is 0 Å². The zero-order valence-corrected chi connectivity index (χ0v) is 11.6. The second-order valence-corrected chi connectivity index (χ2v) is 4.68. The van der Waals surface area contributed by atoms with Crippen LogP contribution < -0.4 is 5.73 Å². The van der Waals surface area contributed by atoms with Crippen LogP contribution in [-0.4, -0.2) is 44.7 Å². The van der Waals surface area contributed by atoms with Gasteiger partial charge in [-0.1, -0.05) is 24.3 Å². The minimum atomic E-state index is -0.681. The van der Waals surface area contributed by atoms with E-state index in [-0.39, 0.29) is 5.91 Å². The lowest BCUT2D eigenvalue weighted by Gasteiger charge is -2.20. The Hall–Kier alpha value is -1.46. The number of carbonyl (C=O) groups is 1. The summed E-state index contributed by atoms with van der Waals surface area (Å²) in [5.41, 5.74) is 7.38. The number of rotatable bonds is 6. The second-order valence-electron chi connectivity index (χ2n) is 4.68. The molecule has 0 radical (unpaired) electrons. The van der Waals surface area contributed by atoms with Crippen molar-refractivity contribution in [2.75, 3.05) is 27.9 Å². The maximum absolute atomic E-state index is 12.6. The fourth-order valence-corrected chi connectivity index (χ4v) is 1.80. The van der Waals surface area contributed by atoms with Gasteiger partial charge >= 0.3 is 0 Å². The Bertz CT molecular complexity index is 406. The molecule has 0 bridgehead atoms. The molecule has 4 nitrogen and oxygen atoms in total. The summed E-state index contributed by atoms with van der Waals surface area (Å²) in [5.74, 6) is 0.0384. The summed E-state index contributed by atoms with van der Waals surface area (Å²) >= 11 is 0. The van der Waals surface area contributed by atoms with E-state index in [0.717, 1.165) is 11.1 Å². The molecule has 2 unspecified atom stereocenters. The lowest BCUT2D eigenvalue weighted by Crippen LogP contribution is -2.31. The lowest BCUT2D eigenvalue weighted by molar-refractivity contribution is -0.127. The number of hydrogen-bond acceptors (Lipinski definition) is 3. The van der Waals surface area contributed by atoms with Gasteiger partial charge in [-0.15, -0.1) is 0 Å². The van der Waals surface area contributed by atoms with Gasteiger partial charge in [0, 0.05) is 21.2 Å². The van der Waals surface area contributed by atoms with Crippen molar-refractivity contribution in [3.05, 3.63) is 35.4 Å². The molecule has 0 aliphatic rings. The van der Waals surface area contributed by atoms with Crippen molar-refractivity contribution >= 4 is 5.91 Å². The van der Waals surface area contributed by atoms with Crippen LogP contribution in [0.2, 0.25) is 0 Å². The van der Waals surface area contributed by atoms with Crippen molar-refractivity contribution in [1.29, 1.82) is 0 Å². The standard InChI is InChI=1S/C14H21FN2O2/c1-17(2)13(18)8-10-4-6-11(7-5-10)14(19-3)12(16)9-15/h4-7,12,14H,8-9,16H2,1-3H3. The third kappa shape index (κ3) is 4.29. The van der Waals surface area contributed by atoms with Crippen LogP contribution in [0.25, 0.3) is 0 Å². The van der Waals surface area contributed by atoms with Gasteiger partial charge in [-0.25, -0.2) is 4.39 Å². The van der Waals surface area contributed by atoms with E-state index in [4.69, 9.17) is 10.5 Å². The third-order valence-electron chi connectivity index (χ3n) is 2.98.